The minimum absolute atomic E-state index is 0.0848. The molecule has 0 spiro atoms. The molecule has 1 aliphatic rings. The van der Waals surface area contributed by atoms with E-state index in [-0.39, 0.29) is 18.7 Å². The van der Waals surface area contributed by atoms with Crippen molar-refractivity contribution in [1.29, 1.82) is 0 Å². The second-order valence-electron chi connectivity index (χ2n) is 5.84. The van der Waals surface area contributed by atoms with Gasteiger partial charge < -0.3 is 10.8 Å². The third kappa shape index (κ3) is 3.82. The fraction of sp³-hybridized carbons (Fsp3) is 0.625. The van der Waals surface area contributed by atoms with Gasteiger partial charge in [0.05, 0.1) is 6.04 Å². The normalized spacial score (nSPS) is 23.5. The number of benzene rings is 1. The standard InChI is InChI=1S/C16H25BrN2O/c1-12(18)16(14-6-2-3-7-15(14)17)19-9-4-5-13(11-19)8-10-20/h2-3,6-7,12-13,16,20H,4-5,8-11,18H2,1H3. The molecule has 3 N–H and O–H groups in total. The van der Waals surface area contributed by atoms with Gasteiger partial charge in [0, 0.05) is 23.7 Å². The summed E-state index contributed by atoms with van der Waals surface area (Å²) in [5.74, 6) is 0.595. The van der Waals surface area contributed by atoms with Gasteiger partial charge in [0.15, 0.2) is 0 Å². The smallest absolute Gasteiger partial charge is 0.0507 e. The minimum atomic E-state index is 0.0848. The molecule has 1 heterocycles. The van der Waals surface area contributed by atoms with Crippen LogP contribution in [0.4, 0.5) is 0 Å². The maximum atomic E-state index is 9.16. The van der Waals surface area contributed by atoms with E-state index in [0.29, 0.717) is 5.92 Å². The molecule has 3 atom stereocenters. The van der Waals surface area contributed by atoms with E-state index >= 15 is 0 Å². The van der Waals surface area contributed by atoms with Crippen molar-refractivity contribution in [2.75, 3.05) is 19.7 Å². The van der Waals surface area contributed by atoms with Gasteiger partial charge in [-0.15, -0.1) is 0 Å². The van der Waals surface area contributed by atoms with Gasteiger partial charge >= 0.3 is 0 Å². The highest BCUT2D eigenvalue weighted by atomic mass is 79.9. The van der Waals surface area contributed by atoms with E-state index < -0.39 is 0 Å². The lowest BCUT2D eigenvalue weighted by molar-refractivity contribution is 0.0964. The molecule has 2 rings (SSSR count). The lowest BCUT2D eigenvalue weighted by atomic mass is 9.91. The van der Waals surface area contributed by atoms with Crippen molar-refractivity contribution < 1.29 is 5.11 Å². The van der Waals surface area contributed by atoms with E-state index in [9.17, 15) is 0 Å². The van der Waals surface area contributed by atoms with Gasteiger partial charge in [-0.05, 0) is 50.3 Å². The van der Waals surface area contributed by atoms with E-state index in [4.69, 9.17) is 10.8 Å². The van der Waals surface area contributed by atoms with Crippen LogP contribution in [-0.2, 0) is 0 Å². The topological polar surface area (TPSA) is 49.5 Å². The Morgan fingerprint density at radius 2 is 2.20 bits per heavy atom. The third-order valence-electron chi connectivity index (χ3n) is 4.20. The average molecular weight is 341 g/mol. The molecule has 1 saturated heterocycles. The van der Waals surface area contributed by atoms with Crippen LogP contribution in [0.1, 0.15) is 37.8 Å². The van der Waals surface area contributed by atoms with Crippen LogP contribution >= 0.6 is 15.9 Å². The molecule has 0 aliphatic carbocycles. The van der Waals surface area contributed by atoms with Crippen LogP contribution in [0.5, 0.6) is 0 Å². The van der Waals surface area contributed by atoms with Gasteiger partial charge in [0.25, 0.3) is 0 Å². The first-order valence-corrected chi connectivity index (χ1v) is 8.27. The summed E-state index contributed by atoms with van der Waals surface area (Å²) in [5.41, 5.74) is 7.55. The number of hydrogen-bond acceptors (Lipinski definition) is 3. The lowest BCUT2D eigenvalue weighted by Crippen LogP contribution is -2.45. The summed E-state index contributed by atoms with van der Waals surface area (Å²) in [6.45, 7) is 4.50. The van der Waals surface area contributed by atoms with Gasteiger partial charge in [-0.1, -0.05) is 34.1 Å². The molecule has 1 aliphatic heterocycles. The summed E-state index contributed by atoms with van der Waals surface area (Å²) in [7, 11) is 0. The van der Waals surface area contributed by atoms with Crippen molar-refractivity contribution in [3.8, 4) is 0 Å². The van der Waals surface area contributed by atoms with E-state index in [0.717, 1.165) is 24.0 Å². The molecule has 3 unspecified atom stereocenters. The highest BCUT2D eigenvalue weighted by Crippen LogP contribution is 2.33. The van der Waals surface area contributed by atoms with Crippen LogP contribution < -0.4 is 5.73 Å². The Balaban J connectivity index is 2.18. The SMILES string of the molecule is CC(N)C(c1ccccc1Br)N1CCCC(CCO)C1. The maximum Gasteiger partial charge on any atom is 0.0507 e. The van der Waals surface area contributed by atoms with Crippen LogP contribution in [0.25, 0.3) is 0 Å². The summed E-state index contributed by atoms with van der Waals surface area (Å²) < 4.78 is 1.13. The first-order valence-electron chi connectivity index (χ1n) is 7.48. The Kier molecular flexibility index (Phi) is 6.02. The predicted molar refractivity (Wildman–Crippen MR) is 86.5 cm³/mol. The van der Waals surface area contributed by atoms with E-state index in [2.05, 4.69) is 46.0 Å². The molecule has 0 aromatic heterocycles. The fourth-order valence-corrected chi connectivity index (χ4v) is 3.81. The van der Waals surface area contributed by atoms with Gasteiger partial charge in [-0.2, -0.15) is 0 Å². The van der Waals surface area contributed by atoms with E-state index in [1.807, 2.05) is 6.07 Å². The van der Waals surface area contributed by atoms with Crippen molar-refractivity contribution in [3.05, 3.63) is 34.3 Å². The van der Waals surface area contributed by atoms with Crippen LogP contribution in [0.15, 0.2) is 28.7 Å². The number of rotatable bonds is 5. The fourth-order valence-electron chi connectivity index (χ4n) is 3.30. The van der Waals surface area contributed by atoms with Crippen molar-refractivity contribution in [2.24, 2.45) is 11.7 Å². The molecular weight excluding hydrogens is 316 g/mol. The van der Waals surface area contributed by atoms with Crippen molar-refractivity contribution in [3.63, 3.8) is 0 Å². The van der Waals surface area contributed by atoms with Crippen molar-refractivity contribution in [2.45, 2.75) is 38.3 Å². The first kappa shape index (κ1) is 16.0. The number of likely N-dealkylation sites (tertiary alicyclic amines) is 1. The second-order valence-corrected chi connectivity index (χ2v) is 6.70. The zero-order valence-corrected chi connectivity index (χ0v) is 13.7. The molecule has 0 bridgehead atoms. The number of hydrogen-bond donors (Lipinski definition) is 2. The Hall–Kier alpha value is -0.420. The molecule has 1 aromatic carbocycles. The van der Waals surface area contributed by atoms with Gasteiger partial charge in [-0.3, -0.25) is 4.90 Å². The van der Waals surface area contributed by atoms with Gasteiger partial charge in [0.1, 0.15) is 0 Å². The van der Waals surface area contributed by atoms with Crippen LogP contribution in [0, 0.1) is 5.92 Å². The summed E-state index contributed by atoms with van der Waals surface area (Å²) >= 11 is 3.66. The average Bonchev–Trinajstić information content (AvgIpc) is 2.42. The monoisotopic (exact) mass is 340 g/mol. The van der Waals surface area contributed by atoms with Crippen molar-refractivity contribution >= 4 is 15.9 Å². The van der Waals surface area contributed by atoms with Crippen LogP contribution in [0.3, 0.4) is 0 Å². The first-order chi connectivity index (χ1) is 9.63. The minimum Gasteiger partial charge on any atom is -0.396 e. The largest absolute Gasteiger partial charge is 0.396 e. The number of aliphatic hydroxyl groups excluding tert-OH is 1. The quantitative estimate of drug-likeness (QED) is 0.866. The molecule has 0 radical (unpaired) electrons. The highest BCUT2D eigenvalue weighted by Gasteiger charge is 2.29. The van der Waals surface area contributed by atoms with E-state index in [1.54, 1.807) is 0 Å². The van der Waals surface area contributed by atoms with Crippen LogP contribution in [-0.4, -0.2) is 35.7 Å². The number of aliphatic hydroxyl groups is 1. The molecular formula is C16H25BrN2O. The Labute approximate surface area is 130 Å². The zero-order chi connectivity index (χ0) is 14.5. The molecule has 0 amide bonds. The summed E-state index contributed by atoms with van der Waals surface area (Å²) in [6, 6.07) is 8.68. The second kappa shape index (κ2) is 7.55. The van der Waals surface area contributed by atoms with Gasteiger partial charge in [-0.25, -0.2) is 0 Å². The zero-order valence-electron chi connectivity index (χ0n) is 12.1. The number of nitrogens with zero attached hydrogens (tertiary/aromatic N) is 1. The predicted octanol–water partition coefficient (Wildman–Crippen LogP) is 2.93. The summed E-state index contributed by atoms with van der Waals surface area (Å²) in [4.78, 5) is 2.49. The number of piperidine rings is 1. The van der Waals surface area contributed by atoms with E-state index in [1.165, 1.54) is 18.4 Å². The summed E-state index contributed by atoms with van der Waals surface area (Å²) in [5, 5.41) is 9.16. The molecule has 3 nitrogen and oxygen atoms in total. The molecule has 1 fully saturated rings. The molecule has 20 heavy (non-hydrogen) atoms. The maximum absolute atomic E-state index is 9.16. The third-order valence-corrected chi connectivity index (χ3v) is 4.93. The van der Waals surface area contributed by atoms with Crippen LogP contribution in [0.2, 0.25) is 0 Å². The van der Waals surface area contributed by atoms with Gasteiger partial charge in [0.2, 0.25) is 0 Å². The highest BCUT2D eigenvalue weighted by molar-refractivity contribution is 9.10. The number of nitrogens with two attached hydrogens (primary N) is 1. The molecule has 1 aromatic rings. The molecule has 0 saturated carbocycles. The Bertz CT molecular complexity index is 423. The number of halogens is 1. The molecule has 112 valence electrons. The summed E-state index contributed by atoms with van der Waals surface area (Å²) in [6.07, 6.45) is 3.31. The Morgan fingerprint density at radius 1 is 1.45 bits per heavy atom. The Morgan fingerprint density at radius 3 is 2.85 bits per heavy atom. The lowest BCUT2D eigenvalue weighted by Gasteiger charge is -2.40. The molecule has 4 heteroatoms. The van der Waals surface area contributed by atoms with Crippen molar-refractivity contribution in [1.82, 2.24) is 4.90 Å².